The van der Waals surface area contributed by atoms with Crippen molar-refractivity contribution in [3.05, 3.63) is 188 Å². The second-order valence-corrected chi connectivity index (χ2v) is 14.0. The Bertz CT molecular complexity index is 3260. The summed E-state index contributed by atoms with van der Waals surface area (Å²) in [6, 6.07) is 65.8. The SMILES string of the molecule is c1ccc(-c2ccc3cc(-c4nc(-c5cc6ccccc6c6ccccc56)nc(-c5cc(-c6ccccc6)cc6oc7ccccc7c56)n4)ccc3c2)cc1. The average Bonchev–Trinajstić information content (AvgIpc) is 3.64. The van der Waals surface area contributed by atoms with Crippen LogP contribution in [0, 0.1) is 0 Å². The summed E-state index contributed by atoms with van der Waals surface area (Å²) in [5, 5.41) is 8.85. The van der Waals surface area contributed by atoms with Gasteiger partial charge in [0.15, 0.2) is 17.5 Å². The van der Waals surface area contributed by atoms with Crippen LogP contribution < -0.4 is 0 Å². The Morgan fingerprint density at radius 3 is 1.62 bits per heavy atom. The molecule has 2 aromatic heterocycles. The Kier molecular flexibility index (Phi) is 7.14. The van der Waals surface area contributed by atoms with Gasteiger partial charge in [0.25, 0.3) is 0 Å². The first-order valence-corrected chi connectivity index (χ1v) is 18.5. The first-order valence-electron chi connectivity index (χ1n) is 18.5. The van der Waals surface area contributed by atoms with E-state index in [2.05, 4.69) is 164 Å². The Morgan fingerprint density at radius 2 is 0.855 bits per heavy atom. The molecule has 0 spiro atoms. The first kappa shape index (κ1) is 31.1. The van der Waals surface area contributed by atoms with Crippen LogP contribution in [0.4, 0.5) is 0 Å². The number of aromatic nitrogens is 3. The van der Waals surface area contributed by atoms with Crippen LogP contribution >= 0.6 is 0 Å². The predicted molar refractivity (Wildman–Crippen MR) is 227 cm³/mol. The molecule has 0 bridgehead atoms. The van der Waals surface area contributed by atoms with Gasteiger partial charge in [0.05, 0.1) is 0 Å². The summed E-state index contributed by atoms with van der Waals surface area (Å²) in [4.78, 5) is 16.0. The van der Waals surface area contributed by atoms with E-state index in [4.69, 9.17) is 19.4 Å². The topological polar surface area (TPSA) is 51.8 Å². The highest BCUT2D eigenvalue weighted by Crippen LogP contribution is 2.41. The Hall–Kier alpha value is -7.43. The summed E-state index contributed by atoms with van der Waals surface area (Å²) >= 11 is 0. The molecule has 0 aliphatic heterocycles. The fraction of sp³-hybridized carbons (Fsp3) is 0. The molecule has 0 radical (unpaired) electrons. The van der Waals surface area contributed by atoms with Crippen LogP contribution in [0.25, 0.3) is 111 Å². The lowest BCUT2D eigenvalue weighted by Crippen LogP contribution is -2.01. The monoisotopic (exact) mass is 701 g/mol. The second-order valence-electron chi connectivity index (χ2n) is 14.0. The van der Waals surface area contributed by atoms with Crippen molar-refractivity contribution < 1.29 is 4.42 Å². The van der Waals surface area contributed by atoms with Crippen LogP contribution in [-0.4, -0.2) is 15.0 Å². The van der Waals surface area contributed by atoms with Crippen molar-refractivity contribution in [3.8, 4) is 56.4 Å². The van der Waals surface area contributed by atoms with Crippen LogP contribution in [0.5, 0.6) is 0 Å². The molecule has 256 valence electrons. The van der Waals surface area contributed by atoms with E-state index >= 15 is 0 Å². The van der Waals surface area contributed by atoms with Gasteiger partial charge in [-0.2, -0.15) is 0 Å². The van der Waals surface area contributed by atoms with E-state index in [1.54, 1.807) is 0 Å². The summed E-state index contributed by atoms with van der Waals surface area (Å²) in [7, 11) is 0. The second kappa shape index (κ2) is 12.6. The maximum Gasteiger partial charge on any atom is 0.164 e. The zero-order valence-electron chi connectivity index (χ0n) is 29.6. The van der Waals surface area contributed by atoms with Gasteiger partial charge in [-0.05, 0) is 91.0 Å². The van der Waals surface area contributed by atoms with Gasteiger partial charge in [0.2, 0.25) is 0 Å². The van der Waals surface area contributed by atoms with E-state index < -0.39 is 0 Å². The summed E-state index contributed by atoms with van der Waals surface area (Å²) in [6.07, 6.45) is 0. The van der Waals surface area contributed by atoms with Crippen molar-refractivity contribution in [2.75, 3.05) is 0 Å². The van der Waals surface area contributed by atoms with Crippen molar-refractivity contribution in [2.45, 2.75) is 0 Å². The number of hydrogen-bond acceptors (Lipinski definition) is 4. The highest BCUT2D eigenvalue weighted by Gasteiger charge is 2.21. The fourth-order valence-electron chi connectivity index (χ4n) is 8.01. The summed E-state index contributed by atoms with van der Waals surface area (Å²) in [5.41, 5.74) is 8.88. The zero-order valence-corrected chi connectivity index (χ0v) is 29.6. The van der Waals surface area contributed by atoms with E-state index in [0.29, 0.717) is 17.5 Å². The van der Waals surface area contributed by atoms with Gasteiger partial charge in [-0.3, -0.25) is 0 Å². The first-order chi connectivity index (χ1) is 27.2. The van der Waals surface area contributed by atoms with E-state index in [1.165, 1.54) is 16.5 Å². The number of para-hydroxylation sites is 1. The van der Waals surface area contributed by atoms with Gasteiger partial charge in [0.1, 0.15) is 11.2 Å². The van der Waals surface area contributed by atoms with Crippen LogP contribution in [0.3, 0.4) is 0 Å². The number of hydrogen-bond donors (Lipinski definition) is 0. The van der Waals surface area contributed by atoms with Crippen molar-refractivity contribution in [2.24, 2.45) is 0 Å². The molecule has 11 rings (SSSR count). The lowest BCUT2D eigenvalue weighted by Gasteiger charge is -2.14. The molecule has 55 heavy (non-hydrogen) atoms. The molecule has 4 nitrogen and oxygen atoms in total. The van der Waals surface area contributed by atoms with Gasteiger partial charge in [0, 0.05) is 27.5 Å². The highest BCUT2D eigenvalue weighted by atomic mass is 16.3. The number of benzene rings is 9. The molecule has 11 aromatic rings. The average molecular weight is 702 g/mol. The van der Waals surface area contributed by atoms with Crippen molar-refractivity contribution in [1.82, 2.24) is 15.0 Å². The molecule has 0 unspecified atom stereocenters. The minimum Gasteiger partial charge on any atom is -0.456 e. The molecule has 0 fully saturated rings. The van der Waals surface area contributed by atoms with Crippen LogP contribution in [0.2, 0.25) is 0 Å². The van der Waals surface area contributed by atoms with E-state index in [-0.39, 0.29) is 0 Å². The minimum atomic E-state index is 0.589. The molecule has 0 aliphatic rings. The molecule has 2 heterocycles. The summed E-state index contributed by atoms with van der Waals surface area (Å²) < 4.78 is 6.53. The van der Waals surface area contributed by atoms with E-state index in [1.807, 2.05) is 24.3 Å². The molecular formula is C51H31N3O. The third-order valence-electron chi connectivity index (χ3n) is 10.7. The normalized spacial score (nSPS) is 11.6. The maximum absolute atomic E-state index is 6.53. The number of fused-ring (bicyclic) bond motifs is 7. The predicted octanol–water partition coefficient (Wildman–Crippen LogP) is 13.6. The number of furan rings is 1. The molecule has 0 atom stereocenters. The molecule has 0 amide bonds. The Balaban J connectivity index is 1.19. The van der Waals surface area contributed by atoms with Crippen molar-refractivity contribution >= 4 is 54.3 Å². The molecular weight excluding hydrogens is 671 g/mol. The fourth-order valence-corrected chi connectivity index (χ4v) is 8.01. The van der Waals surface area contributed by atoms with Crippen LogP contribution in [0.1, 0.15) is 0 Å². The van der Waals surface area contributed by atoms with Crippen molar-refractivity contribution in [3.63, 3.8) is 0 Å². The minimum absolute atomic E-state index is 0.589. The van der Waals surface area contributed by atoms with Gasteiger partial charge >= 0.3 is 0 Å². The standard InChI is InChI=1S/C51H31N3O/c1-3-13-32(14-4-1)34-23-24-36-28-38(26-25-35(36)27-34)49-52-50(44-29-37-17-7-8-18-40(37)41-19-9-10-20-42(41)44)54-51(53-49)45-30-39(33-15-5-2-6-16-33)31-47-48(45)43-21-11-12-22-46(43)55-47/h1-31H. The molecule has 0 aliphatic carbocycles. The van der Waals surface area contributed by atoms with Crippen LogP contribution in [-0.2, 0) is 0 Å². The van der Waals surface area contributed by atoms with Gasteiger partial charge in [-0.15, -0.1) is 0 Å². The number of nitrogens with zero attached hydrogens (tertiary/aromatic N) is 3. The summed E-state index contributed by atoms with van der Waals surface area (Å²) in [6.45, 7) is 0. The van der Waals surface area contributed by atoms with Crippen molar-refractivity contribution in [1.29, 1.82) is 0 Å². The third-order valence-corrected chi connectivity index (χ3v) is 10.7. The molecule has 0 saturated carbocycles. The third kappa shape index (κ3) is 5.34. The van der Waals surface area contributed by atoms with Gasteiger partial charge in [-0.25, -0.2) is 15.0 Å². The lowest BCUT2D eigenvalue weighted by atomic mass is 9.96. The quantitative estimate of drug-likeness (QED) is 0.168. The Labute approximate surface area is 317 Å². The largest absolute Gasteiger partial charge is 0.456 e. The number of rotatable bonds is 5. The van der Waals surface area contributed by atoms with Crippen LogP contribution in [0.15, 0.2) is 192 Å². The zero-order chi connectivity index (χ0) is 36.3. The molecule has 4 heteroatoms. The molecule has 0 saturated heterocycles. The van der Waals surface area contributed by atoms with Gasteiger partial charge < -0.3 is 4.42 Å². The van der Waals surface area contributed by atoms with Gasteiger partial charge in [-0.1, -0.05) is 152 Å². The lowest BCUT2D eigenvalue weighted by molar-refractivity contribution is 0.669. The van der Waals surface area contributed by atoms with E-state index in [9.17, 15) is 0 Å². The molecule has 9 aromatic carbocycles. The molecule has 0 N–H and O–H groups in total. The highest BCUT2D eigenvalue weighted by molar-refractivity contribution is 6.15. The van der Waals surface area contributed by atoms with E-state index in [0.717, 1.165) is 76.7 Å². The maximum atomic E-state index is 6.53. The summed E-state index contributed by atoms with van der Waals surface area (Å²) in [5.74, 6) is 1.82. The Morgan fingerprint density at radius 1 is 0.291 bits per heavy atom. The smallest absolute Gasteiger partial charge is 0.164 e.